The lowest BCUT2D eigenvalue weighted by Crippen LogP contribution is -2.32. The first-order valence-electron chi connectivity index (χ1n) is 7.68. The van der Waals surface area contributed by atoms with Crippen LogP contribution >= 0.6 is 0 Å². The normalized spacial score (nSPS) is 15.9. The maximum atomic E-state index is 12.5. The van der Waals surface area contributed by atoms with Gasteiger partial charge in [0.05, 0.1) is 0 Å². The van der Waals surface area contributed by atoms with Gasteiger partial charge in [-0.25, -0.2) is 9.97 Å². The molecule has 1 aliphatic rings. The molecule has 0 aromatic carbocycles. The first-order valence-corrected chi connectivity index (χ1v) is 7.68. The van der Waals surface area contributed by atoms with Gasteiger partial charge in [-0.05, 0) is 33.0 Å². The van der Waals surface area contributed by atoms with Crippen LogP contribution in [0.3, 0.4) is 0 Å². The molecule has 0 bridgehead atoms. The monoisotopic (exact) mass is 291 g/mol. The molecule has 2 heterocycles. The summed E-state index contributed by atoms with van der Waals surface area (Å²) in [5, 5.41) is 3.15. The van der Waals surface area contributed by atoms with Crippen LogP contribution in [0.25, 0.3) is 0 Å². The molecule has 0 spiro atoms. The predicted molar refractivity (Wildman–Crippen MR) is 83.4 cm³/mol. The molecule has 116 valence electrons. The maximum Gasteiger partial charge on any atom is 0.272 e. The van der Waals surface area contributed by atoms with E-state index < -0.39 is 0 Å². The van der Waals surface area contributed by atoms with Crippen LogP contribution in [-0.2, 0) is 0 Å². The van der Waals surface area contributed by atoms with E-state index in [-0.39, 0.29) is 5.91 Å². The number of nitrogens with zero attached hydrogens (tertiary/aromatic N) is 4. The van der Waals surface area contributed by atoms with Crippen LogP contribution in [0, 0.1) is 0 Å². The molecule has 1 N–H and O–H groups in total. The van der Waals surface area contributed by atoms with Crippen molar-refractivity contribution in [1.82, 2.24) is 19.8 Å². The molecule has 0 saturated carbocycles. The van der Waals surface area contributed by atoms with E-state index in [1.54, 1.807) is 12.3 Å². The van der Waals surface area contributed by atoms with Crippen LogP contribution in [0.4, 0.5) is 5.95 Å². The van der Waals surface area contributed by atoms with Gasteiger partial charge in [-0.2, -0.15) is 0 Å². The molecule has 1 aromatic rings. The SMILES string of the molecule is CN(C)CCNc1nccc(C(=O)N2CCCCCC2)n1. The molecule has 1 fully saturated rings. The number of rotatable bonds is 5. The summed E-state index contributed by atoms with van der Waals surface area (Å²) in [5.41, 5.74) is 0.485. The first-order chi connectivity index (χ1) is 10.2. The highest BCUT2D eigenvalue weighted by Crippen LogP contribution is 2.12. The number of likely N-dealkylation sites (tertiary alicyclic amines) is 1. The Hall–Kier alpha value is -1.69. The number of hydrogen-bond donors (Lipinski definition) is 1. The molecule has 0 atom stereocenters. The van der Waals surface area contributed by atoms with Crippen molar-refractivity contribution >= 4 is 11.9 Å². The Morgan fingerprint density at radius 3 is 2.67 bits per heavy atom. The topological polar surface area (TPSA) is 61.4 Å². The zero-order chi connectivity index (χ0) is 15.1. The second-order valence-electron chi connectivity index (χ2n) is 5.70. The Morgan fingerprint density at radius 1 is 1.29 bits per heavy atom. The van der Waals surface area contributed by atoms with Crippen molar-refractivity contribution < 1.29 is 4.79 Å². The average molecular weight is 291 g/mol. The molecule has 1 saturated heterocycles. The maximum absolute atomic E-state index is 12.5. The molecule has 0 unspecified atom stereocenters. The van der Waals surface area contributed by atoms with Gasteiger partial charge in [0, 0.05) is 32.4 Å². The van der Waals surface area contributed by atoms with Gasteiger partial charge in [0.15, 0.2) is 0 Å². The van der Waals surface area contributed by atoms with Gasteiger partial charge in [0.25, 0.3) is 5.91 Å². The molecular formula is C15H25N5O. The predicted octanol–water partition coefficient (Wildman–Crippen LogP) is 1.47. The average Bonchev–Trinajstić information content (AvgIpc) is 2.75. The van der Waals surface area contributed by atoms with E-state index in [0.29, 0.717) is 11.6 Å². The molecule has 21 heavy (non-hydrogen) atoms. The van der Waals surface area contributed by atoms with Gasteiger partial charge < -0.3 is 15.1 Å². The van der Waals surface area contributed by atoms with Crippen molar-refractivity contribution in [3.8, 4) is 0 Å². The number of carbonyl (C=O) groups is 1. The van der Waals surface area contributed by atoms with Crippen molar-refractivity contribution in [2.45, 2.75) is 25.7 Å². The number of carbonyl (C=O) groups excluding carboxylic acids is 1. The van der Waals surface area contributed by atoms with E-state index in [9.17, 15) is 4.79 Å². The molecule has 0 aliphatic carbocycles. The largest absolute Gasteiger partial charge is 0.353 e. The van der Waals surface area contributed by atoms with Crippen LogP contribution in [-0.4, -0.2) is 65.9 Å². The number of anilines is 1. The summed E-state index contributed by atoms with van der Waals surface area (Å²) in [6, 6.07) is 1.70. The first kappa shape index (κ1) is 15.7. The van der Waals surface area contributed by atoms with Crippen molar-refractivity contribution in [2.24, 2.45) is 0 Å². The second-order valence-corrected chi connectivity index (χ2v) is 5.70. The summed E-state index contributed by atoms with van der Waals surface area (Å²) < 4.78 is 0. The van der Waals surface area contributed by atoms with Gasteiger partial charge in [-0.15, -0.1) is 0 Å². The van der Waals surface area contributed by atoms with Gasteiger partial charge in [-0.3, -0.25) is 4.79 Å². The number of amides is 1. The Kier molecular flexibility index (Phi) is 5.92. The van der Waals surface area contributed by atoms with Crippen LogP contribution < -0.4 is 5.32 Å². The van der Waals surface area contributed by atoms with E-state index in [1.807, 2.05) is 19.0 Å². The van der Waals surface area contributed by atoms with Crippen LogP contribution in [0.5, 0.6) is 0 Å². The summed E-state index contributed by atoms with van der Waals surface area (Å²) in [4.78, 5) is 25.0. The van der Waals surface area contributed by atoms with E-state index >= 15 is 0 Å². The number of nitrogens with one attached hydrogen (secondary N) is 1. The number of likely N-dealkylation sites (N-methyl/N-ethyl adjacent to an activating group) is 1. The lowest BCUT2D eigenvalue weighted by molar-refractivity contribution is 0.0755. The third kappa shape index (κ3) is 4.97. The fourth-order valence-corrected chi connectivity index (χ4v) is 2.39. The highest BCUT2D eigenvalue weighted by Gasteiger charge is 2.18. The second kappa shape index (κ2) is 7.93. The van der Waals surface area contributed by atoms with Gasteiger partial charge >= 0.3 is 0 Å². The van der Waals surface area contributed by atoms with Gasteiger partial charge in [0.2, 0.25) is 5.95 Å². The number of aromatic nitrogens is 2. The quantitative estimate of drug-likeness (QED) is 0.890. The zero-order valence-electron chi connectivity index (χ0n) is 13.0. The van der Waals surface area contributed by atoms with Gasteiger partial charge in [0.1, 0.15) is 5.69 Å². The third-order valence-electron chi connectivity index (χ3n) is 3.61. The highest BCUT2D eigenvalue weighted by atomic mass is 16.2. The Balaban J connectivity index is 1.97. The lowest BCUT2D eigenvalue weighted by Gasteiger charge is -2.19. The fraction of sp³-hybridized carbons (Fsp3) is 0.667. The minimum Gasteiger partial charge on any atom is -0.353 e. The van der Waals surface area contributed by atoms with Gasteiger partial charge in [-0.1, -0.05) is 12.8 Å². The van der Waals surface area contributed by atoms with E-state index in [2.05, 4.69) is 20.2 Å². The summed E-state index contributed by atoms with van der Waals surface area (Å²) in [7, 11) is 4.03. The Labute approximate surface area is 126 Å². The van der Waals surface area contributed by atoms with Crippen molar-refractivity contribution in [3.63, 3.8) is 0 Å². The summed E-state index contributed by atoms with van der Waals surface area (Å²) >= 11 is 0. The van der Waals surface area contributed by atoms with Crippen LogP contribution in [0.2, 0.25) is 0 Å². The molecule has 0 radical (unpaired) electrons. The summed E-state index contributed by atoms with van der Waals surface area (Å²) in [5.74, 6) is 0.549. The van der Waals surface area contributed by atoms with Crippen molar-refractivity contribution in [2.75, 3.05) is 45.6 Å². The van der Waals surface area contributed by atoms with Crippen LogP contribution in [0.1, 0.15) is 36.2 Å². The van der Waals surface area contributed by atoms with E-state index in [4.69, 9.17) is 0 Å². The molecule has 1 aromatic heterocycles. The minimum atomic E-state index is 0.0231. The van der Waals surface area contributed by atoms with E-state index in [1.165, 1.54) is 12.8 Å². The zero-order valence-corrected chi connectivity index (χ0v) is 13.0. The minimum absolute atomic E-state index is 0.0231. The Morgan fingerprint density at radius 2 is 2.00 bits per heavy atom. The smallest absolute Gasteiger partial charge is 0.272 e. The molecule has 1 amide bonds. The summed E-state index contributed by atoms with van der Waals surface area (Å²) in [6.45, 7) is 3.33. The molecule has 6 heteroatoms. The molecular weight excluding hydrogens is 266 g/mol. The van der Waals surface area contributed by atoms with Crippen LogP contribution in [0.15, 0.2) is 12.3 Å². The standard InChI is InChI=1S/C15H25N5O/c1-19(2)12-9-17-15-16-8-7-13(18-15)14(21)20-10-5-3-4-6-11-20/h7-8H,3-6,9-12H2,1-2H3,(H,16,17,18). The van der Waals surface area contributed by atoms with E-state index in [0.717, 1.165) is 39.0 Å². The number of hydrogen-bond acceptors (Lipinski definition) is 5. The fourth-order valence-electron chi connectivity index (χ4n) is 2.39. The van der Waals surface area contributed by atoms with Crippen molar-refractivity contribution in [3.05, 3.63) is 18.0 Å². The Bertz CT molecular complexity index is 455. The highest BCUT2D eigenvalue weighted by molar-refractivity contribution is 5.92. The molecule has 1 aliphatic heterocycles. The third-order valence-corrected chi connectivity index (χ3v) is 3.61. The van der Waals surface area contributed by atoms with Crippen molar-refractivity contribution in [1.29, 1.82) is 0 Å². The lowest BCUT2D eigenvalue weighted by atomic mass is 10.2. The molecule has 2 rings (SSSR count). The molecule has 6 nitrogen and oxygen atoms in total. The summed E-state index contributed by atoms with van der Waals surface area (Å²) in [6.07, 6.45) is 6.25.